The third-order valence-corrected chi connectivity index (χ3v) is 5.12. The van der Waals surface area contributed by atoms with Crippen molar-refractivity contribution < 1.29 is 22.7 Å². The summed E-state index contributed by atoms with van der Waals surface area (Å²) in [5, 5.41) is 9.27. The van der Waals surface area contributed by atoms with E-state index in [9.17, 15) is 22.7 Å². The molecule has 1 fully saturated rings. The zero-order valence-electron chi connectivity index (χ0n) is 9.60. The first-order valence-corrected chi connectivity index (χ1v) is 7.33. The molecule has 1 aromatic rings. The standard InChI is InChI=1S/C12H13FO4S/c13-10-3-1-9(2-4-10)7-12(11(14)15)5-6-18(16,17)8-12/h1-4H,5-8H2,(H,14,15). The maximum atomic E-state index is 12.8. The SMILES string of the molecule is O=C(O)C1(Cc2ccc(F)cc2)CCS(=O)(=O)C1. The molecule has 1 atom stereocenters. The number of aliphatic carboxylic acids is 1. The lowest BCUT2D eigenvalue weighted by molar-refractivity contribution is -0.147. The molecule has 4 nitrogen and oxygen atoms in total. The van der Waals surface area contributed by atoms with Gasteiger partial charge in [-0.1, -0.05) is 12.1 Å². The minimum atomic E-state index is -3.28. The molecule has 18 heavy (non-hydrogen) atoms. The van der Waals surface area contributed by atoms with Gasteiger partial charge in [-0.3, -0.25) is 4.79 Å². The Balaban J connectivity index is 2.28. The van der Waals surface area contributed by atoms with Crippen LogP contribution in [-0.4, -0.2) is 31.0 Å². The average Bonchev–Trinajstić information content (AvgIpc) is 2.59. The molecule has 6 heteroatoms. The van der Waals surface area contributed by atoms with Crippen LogP contribution in [0.5, 0.6) is 0 Å². The van der Waals surface area contributed by atoms with Crippen molar-refractivity contribution in [2.24, 2.45) is 5.41 Å². The molecule has 1 unspecified atom stereocenters. The number of carboxylic acids is 1. The molecule has 1 aliphatic rings. The van der Waals surface area contributed by atoms with Gasteiger partial charge in [-0.2, -0.15) is 0 Å². The molecule has 1 heterocycles. The van der Waals surface area contributed by atoms with Gasteiger partial charge in [-0.15, -0.1) is 0 Å². The second-order valence-electron chi connectivity index (χ2n) is 4.73. The largest absolute Gasteiger partial charge is 0.481 e. The van der Waals surface area contributed by atoms with Crippen LogP contribution in [-0.2, 0) is 21.1 Å². The second-order valence-corrected chi connectivity index (χ2v) is 6.91. The fourth-order valence-corrected chi connectivity index (χ4v) is 4.35. The first-order chi connectivity index (χ1) is 8.33. The second kappa shape index (κ2) is 4.35. The summed E-state index contributed by atoms with van der Waals surface area (Å²) in [5.41, 5.74) is -0.632. The summed E-state index contributed by atoms with van der Waals surface area (Å²) >= 11 is 0. The molecule has 0 amide bonds. The average molecular weight is 272 g/mol. The number of hydrogen-bond acceptors (Lipinski definition) is 3. The van der Waals surface area contributed by atoms with Gasteiger partial charge < -0.3 is 5.11 Å². The number of sulfone groups is 1. The molecule has 1 aliphatic heterocycles. The van der Waals surface area contributed by atoms with E-state index in [1.807, 2.05) is 0 Å². The highest BCUT2D eigenvalue weighted by Gasteiger charge is 2.48. The first-order valence-electron chi connectivity index (χ1n) is 5.51. The van der Waals surface area contributed by atoms with Crippen LogP contribution in [0.4, 0.5) is 4.39 Å². The predicted molar refractivity (Wildman–Crippen MR) is 63.4 cm³/mol. The molecule has 98 valence electrons. The van der Waals surface area contributed by atoms with Crippen molar-refractivity contribution in [3.63, 3.8) is 0 Å². The Morgan fingerprint density at radius 1 is 1.33 bits per heavy atom. The van der Waals surface area contributed by atoms with Gasteiger partial charge in [0, 0.05) is 0 Å². The molecule has 2 rings (SSSR count). The maximum Gasteiger partial charge on any atom is 0.311 e. The highest BCUT2D eigenvalue weighted by molar-refractivity contribution is 7.91. The third-order valence-electron chi connectivity index (χ3n) is 3.30. The van der Waals surface area contributed by atoms with E-state index in [0.29, 0.717) is 5.56 Å². The Bertz CT molecular complexity index is 564. The van der Waals surface area contributed by atoms with Crippen molar-refractivity contribution in [3.05, 3.63) is 35.6 Å². The summed E-state index contributed by atoms with van der Waals surface area (Å²) in [5.74, 6) is -1.94. The summed E-state index contributed by atoms with van der Waals surface area (Å²) in [7, 11) is -3.28. The summed E-state index contributed by atoms with van der Waals surface area (Å²) in [6.45, 7) is 0. The van der Waals surface area contributed by atoms with Crippen molar-refractivity contribution in [1.82, 2.24) is 0 Å². The van der Waals surface area contributed by atoms with Gasteiger partial charge in [0.25, 0.3) is 0 Å². The van der Waals surface area contributed by atoms with Crippen molar-refractivity contribution in [2.45, 2.75) is 12.8 Å². The summed E-state index contributed by atoms with van der Waals surface area (Å²) < 4.78 is 35.7. The van der Waals surface area contributed by atoms with Crippen LogP contribution in [0.15, 0.2) is 24.3 Å². The molecule has 0 aromatic heterocycles. The Kier molecular flexibility index (Phi) is 3.14. The van der Waals surface area contributed by atoms with E-state index in [1.54, 1.807) is 0 Å². The predicted octanol–water partition coefficient (Wildman–Crippen LogP) is 1.26. The summed E-state index contributed by atoms with van der Waals surface area (Å²) in [6.07, 6.45) is 0.226. The number of rotatable bonds is 3. The summed E-state index contributed by atoms with van der Waals surface area (Å²) in [6, 6.07) is 5.47. The molecule has 1 aromatic carbocycles. The van der Waals surface area contributed by atoms with E-state index in [-0.39, 0.29) is 24.3 Å². The lowest BCUT2D eigenvalue weighted by Crippen LogP contribution is -2.34. The van der Waals surface area contributed by atoms with Crippen LogP contribution < -0.4 is 0 Å². The molecule has 0 spiro atoms. The van der Waals surface area contributed by atoms with Gasteiger partial charge in [0.05, 0.1) is 16.9 Å². The van der Waals surface area contributed by atoms with Crippen LogP contribution in [0, 0.1) is 11.2 Å². The van der Waals surface area contributed by atoms with Crippen molar-refractivity contribution in [1.29, 1.82) is 0 Å². The van der Waals surface area contributed by atoms with E-state index < -0.39 is 27.0 Å². The van der Waals surface area contributed by atoms with Crippen molar-refractivity contribution in [3.8, 4) is 0 Å². The first kappa shape index (κ1) is 13.0. The van der Waals surface area contributed by atoms with Gasteiger partial charge >= 0.3 is 5.97 Å². The monoisotopic (exact) mass is 272 g/mol. The lowest BCUT2D eigenvalue weighted by atomic mass is 9.81. The highest BCUT2D eigenvalue weighted by atomic mass is 32.2. The fourth-order valence-electron chi connectivity index (χ4n) is 2.29. The molecule has 0 saturated carbocycles. The molecular weight excluding hydrogens is 259 g/mol. The molecule has 0 aliphatic carbocycles. The highest BCUT2D eigenvalue weighted by Crippen LogP contribution is 2.36. The number of carbonyl (C=O) groups is 1. The fraction of sp³-hybridized carbons (Fsp3) is 0.417. The Morgan fingerprint density at radius 3 is 2.39 bits per heavy atom. The number of carboxylic acid groups (broad SMARTS) is 1. The van der Waals surface area contributed by atoms with Gasteiger partial charge in [-0.25, -0.2) is 12.8 Å². The Morgan fingerprint density at radius 2 is 1.94 bits per heavy atom. The van der Waals surface area contributed by atoms with Gasteiger partial charge in [0.2, 0.25) is 0 Å². The zero-order chi connectivity index (χ0) is 13.4. The molecule has 0 radical (unpaired) electrons. The van der Waals surface area contributed by atoms with Gasteiger partial charge in [0.1, 0.15) is 5.82 Å². The normalized spacial score (nSPS) is 26.1. The van der Waals surface area contributed by atoms with E-state index in [0.717, 1.165) is 0 Å². The van der Waals surface area contributed by atoms with Crippen molar-refractivity contribution in [2.75, 3.05) is 11.5 Å². The molecule has 1 saturated heterocycles. The third kappa shape index (κ3) is 2.53. The Hall–Kier alpha value is -1.43. The van der Waals surface area contributed by atoms with E-state index >= 15 is 0 Å². The number of halogens is 1. The van der Waals surface area contributed by atoms with Crippen LogP contribution in [0.1, 0.15) is 12.0 Å². The minimum absolute atomic E-state index is 0.0967. The molecule has 0 bridgehead atoms. The van der Waals surface area contributed by atoms with Crippen LogP contribution >= 0.6 is 0 Å². The zero-order valence-corrected chi connectivity index (χ0v) is 10.4. The lowest BCUT2D eigenvalue weighted by Gasteiger charge is -2.22. The summed E-state index contributed by atoms with van der Waals surface area (Å²) in [4.78, 5) is 11.3. The number of benzene rings is 1. The van der Waals surface area contributed by atoms with Gasteiger partial charge in [-0.05, 0) is 30.5 Å². The van der Waals surface area contributed by atoms with Crippen molar-refractivity contribution >= 4 is 15.8 Å². The number of hydrogen-bond donors (Lipinski definition) is 1. The van der Waals surface area contributed by atoms with Crippen LogP contribution in [0.25, 0.3) is 0 Å². The van der Waals surface area contributed by atoms with E-state index in [1.165, 1.54) is 24.3 Å². The minimum Gasteiger partial charge on any atom is -0.481 e. The molecule has 1 N–H and O–H groups in total. The smallest absolute Gasteiger partial charge is 0.311 e. The van der Waals surface area contributed by atoms with E-state index in [4.69, 9.17) is 0 Å². The topological polar surface area (TPSA) is 71.4 Å². The molecular formula is C12H13FO4S. The van der Waals surface area contributed by atoms with Crippen LogP contribution in [0.2, 0.25) is 0 Å². The van der Waals surface area contributed by atoms with E-state index in [2.05, 4.69) is 0 Å². The Labute approximate surface area is 104 Å². The quantitative estimate of drug-likeness (QED) is 0.899. The van der Waals surface area contributed by atoms with Crippen LogP contribution in [0.3, 0.4) is 0 Å². The van der Waals surface area contributed by atoms with Gasteiger partial charge in [0.15, 0.2) is 9.84 Å². The maximum absolute atomic E-state index is 12.8.